The van der Waals surface area contributed by atoms with Gasteiger partial charge in [0, 0.05) is 43.0 Å². The molecule has 1 saturated carbocycles. The molecule has 0 bridgehead atoms. The highest BCUT2D eigenvalue weighted by atomic mass is 19.2. The summed E-state index contributed by atoms with van der Waals surface area (Å²) in [6.07, 6.45) is 3.39. The van der Waals surface area contributed by atoms with Gasteiger partial charge in [-0.1, -0.05) is 0 Å². The van der Waals surface area contributed by atoms with Crippen molar-refractivity contribution >= 4 is 5.69 Å². The molecular weight excluding hydrogens is 241 g/mol. The molecule has 1 aromatic rings. The first-order valence-corrected chi connectivity index (χ1v) is 6.29. The number of nitrogens with one attached hydrogen (secondary N) is 1. The number of rotatable bonds is 3. The first-order chi connectivity index (χ1) is 8.63. The molecule has 1 aliphatic carbocycles. The fourth-order valence-corrected chi connectivity index (χ4v) is 2.44. The molecule has 5 heteroatoms. The maximum absolute atomic E-state index is 13.2. The third kappa shape index (κ3) is 2.32. The molecule has 2 nitrogen and oxygen atoms in total. The molecule has 2 aliphatic rings. The van der Waals surface area contributed by atoms with Crippen molar-refractivity contribution in [3.05, 3.63) is 29.6 Å². The van der Waals surface area contributed by atoms with E-state index in [0.29, 0.717) is 17.8 Å². The summed E-state index contributed by atoms with van der Waals surface area (Å²) < 4.78 is 39.2. The van der Waals surface area contributed by atoms with Crippen LogP contribution in [0.1, 0.15) is 19.3 Å². The van der Waals surface area contributed by atoms with Crippen molar-refractivity contribution in [2.24, 2.45) is 0 Å². The standard InChI is InChI=1S/C13H15F3N2/c14-11-5-10(6-12(15)13(11)16)18-4-3-9(7-18)17-8-1-2-8/h5-6,8-9,17H,1-4,7H2. The Morgan fingerprint density at radius 1 is 1.00 bits per heavy atom. The predicted molar refractivity (Wildman–Crippen MR) is 63.1 cm³/mol. The van der Waals surface area contributed by atoms with E-state index in [1.54, 1.807) is 0 Å². The molecule has 2 fully saturated rings. The zero-order valence-corrected chi connectivity index (χ0v) is 9.93. The lowest BCUT2D eigenvalue weighted by Gasteiger charge is -2.19. The average molecular weight is 256 g/mol. The highest BCUT2D eigenvalue weighted by molar-refractivity contribution is 5.48. The highest BCUT2D eigenvalue weighted by Crippen LogP contribution is 2.26. The molecule has 0 radical (unpaired) electrons. The molecular formula is C13H15F3N2. The Bertz CT molecular complexity index is 437. The van der Waals surface area contributed by atoms with Crippen LogP contribution in [0.4, 0.5) is 18.9 Å². The lowest BCUT2D eigenvalue weighted by atomic mass is 10.2. The smallest absolute Gasteiger partial charge is 0.194 e. The lowest BCUT2D eigenvalue weighted by Crippen LogP contribution is -2.34. The second-order valence-corrected chi connectivity index (χ2v) is 5.10. The summed E-state index contributed by atoms with van der Waals surface area (Å²) >= 11 is 0. The molecule has 1 aromatic carbocycles. The molecule has 98 valence electrons. The molecule has 3 rings (SSSR count). The van der Waals surface area contributed by atoms with Gasteiger partial charge >= 0.3 is 0 Å². The Morgan fingerprint density at radius 2 is 1.67 bits per heavy atom. The summed E-state index contributed by atoms with van der Waals surface area (Å²) in [5.74, 6) is -3.64. The predicted octanol–water partition coefficient (Wildman–Crippen LogP) is 2.43. The van der Waals surface area contributed by atoms with Gasteiger partial charge in [-0.05, 0) is 19.3 Å². The Hall–Kier alpha value is -1.23. The second-order valence-electron chi connectivity index (χ2n) is 5.10. The number of hydrogen-bond acceptors (Lipinski definition) is 2. The van der Waals surface area contributed by atoms with Gasteiger partial charge in [0.15, 0.2) is 17.5 Å². The molecule has 0 spiro atoms. The Labute approximate surface area is 104 Å². The number of anilines is 1. The minimum absolute atomic E-state index is 0.369. The van der Waals surface area contributed by atoms with Crippen LogP contribution in [0.15, 0.2) is 12.1 Å². The van der Waals surface area contributed by atoms with Gasteiger partial charge in [0.2, 0.25) is 0 Å². The Morgan fingerprint density at radius 3 is 2.28 bits per heavy atom. The molecule has 1 N–H and O–H groups in total. The quantitative estimate of drug-likeness (QED) is 0.836. The van der Waals surface area contributed by atoms with Gasteiger partial charge in [0.1, 0.15) is 0 Å². The van der Waals surface area contributed by atoms with Crippen molar-refractivity contribution in [2.45, 2.75) is 31.3 Å². The summed E-state index contributed by atoms with van der Waals surface area (Å²) in [6.45, 7) is 1.47. The first-order valence-electron chi connectivity index (χ1n) is 6.29. The number of nitrogens with zero attached hydrogens (tertiary/aromatic N) is 1. The van der Waals surface area contributed by atoms with E-state index in [2.05, 4.69) is 5.32 Å². The molecule has 1 saturated heterocycles. The van der Waals surface area contributed by atoms with E-state index in [-0.39, 0.29) is 0 Å². The van der Waals surface area contributed by atoms with Crippen molar-refractivity contribution in [1.29, 1.82) is 0 Å². The maximum atomic E-state index is 13.2. The van der Waals surface area contributed by atoms with Crippen LogP contribution in [0.5, 0.6) is 0 Å². The van der Waals surface area contributed by atoms with Crippen molar-refractivity contribution in [3.8, 4) is 0 Å². The van der Waals surface area contributed by atoms with Gasteiger partial charge in [-0.25, -0.2) is 13.2 Å². The Balaban J connectivity index is 1.71. The van der Waals surface area contributed by atoms with E-state index in [1.807, 2.05) is 4.90 Å². The molecule has 0 aromatic heterocycles. The Kier molecular flexibility index (Phi) is 2.93. The van der Waals surface area contributed by atoms with Crippen LogP contribution in [0.3, 0.4) is 0 Å². The van der Waals surface area contributed by atoms with Crippen molar-refractivity contribution in [2.75, 3.05) is 18.0 Å². The maximum Gasteiger partial charge on any atom is 0.194 e. The van der Waals surface area contributed by atoms with Gasteiger partial charge in [0.25, 0.3) is 0 Å². The number of halogens is 3. The highest BCUT2D eigenvalue weighted by Gasteiger charge is 2.29. The summed E-state index contributed by atoms with van der Waals surface area (Å²) in [5, 5.41) is 3.49. The fourth-order valence-electron chi connectivity index (χ4n) is 2.44. The molecule has 1 atom stereocenters. The van der Waals surface area contributed by atoms with Crippen LogP contribution in [-0.4, -0.2) is 25.2 Å². The summed E-state index contributed by atoms with van der Waals surface area (Å²) in [7, 11) is 0. The molecule has 1 heterocycles. The van der Waals surface area contributed by atoms with Crippen LogP contribution in [0.2, 0.25) is 0 Å². The minimum atomic E-state index is -1.40. The molecule has 1 aliphatic heterocycles. The van der Waals surface area contributed by atoms with Gasteiger partial charge in [0.05, 0.1) is 0 Å². The topological polar surface area (TPSA) is 15.3 Å². The van der Waals surface area contributed by atoms with Crippen LogP contribution in [0, 0.1) is 17.5 Å². The first kappa shape index (κ1) is 11.8. The SMILES string of the molecule is Fc1cc(N2CCC(NC3CC3)C2)cc(F)c1F. The monoisotopic (exact) mass is 256 g/mol. The van der Waals surface area contributed by atoms with Crippen LogP contribution < -0.4 is 10.2 Å². The number of hydrogen-bond donors (Lipinski definition) is 1. The van der Waals surface area contributed by atoms with Crippen molar-refractivity contribution in [3.63, 3.8) is 0 Å². The van der Waals surface area contributed by atoms with Crippen LogP contribution >= 0.6 is 0 Å². The van der Waals surface area contributed by atoms with E-state index in [1.165, 1.54) is 12.8 Å². The summed E-state index contributed by atoms with van der Waals surface area (Å²) in [5.41, 5.74) is 0.423. The van der Waals surface area contributed by atoms with E-state index in [4.69, 9.17) is 0 Å². The minimum Gasteiger partial charge on any atom is -0.370 e. The normalized spacial score (nSPS) is 23.7. The molecule has 18 heavy (non-hydrogen) atoms. The largest absolute Gasteiger partial charge is 0.370 e. The van der Waals surface area contributed by atoms with Gasteiger partial charge < -0.3 is 10.2 Å². The van der Waals surface area contributed by atoms with Crippen LogP contribution in [-0.2, 0) is 0 Å². The van der Waals surface area contributed by atoms with E-state index < -0.39 is 17.5 Å². The van der Waals surface area contributed by atoms with E-state index >= 15 is 0 Å². The lowest BCUT2D eigenvalue weighted by molar-refractivity contribution is 0.447. The van der Waals surface area contributed by atoms with Gasteiger partial charge in [-0.3, -0.25) is 0 Å². The zero-order chi connectivity index (χ0) is 12.7. The molecule has 0 amide bonds. The number of benzene rings is 1. The summed E-state index contributed by atoms with van der Waals surface area (Å²) in [4.78, 5) is 1.89. The summed E-state index contributed by atoms with van der Waals surface area (Å²) in [6, 6.07) is 3.13. The van der Waals surface area contributed by atoms with Crippen LogP contribution in [0.25, 0.3) is 0 Å². The average Bonchev–Trinajstić information content (AvgIpc) is 3.01. The second kappa shape index (κ2) is 4.46. The van der Waals surface area contributed by atoms with Crippen molar-refractivity contribution < 1.29 is 13.2 Å². The van der Waals surface area contributed by atoms with Gasteiger partial charge in [-0.15, -0.1) is 0 Å². The van der Waals surface area contributed by atoms with Crippen molar-refractivity contribution in [1.82, 2.24) is 5.32 Å². The fraction of sp³-hybridized carbons (Fsp3) is 0.538. The zero-order valence-electron chi connectivity index (χ0n) is 9.93. The molecule has 1 unspecified atom stereocenters. The van der Waals surface area contributed by atoms with E-state index in [9.17, 15) is 13.2 Å². The van der Waals surface area contributed by atoms with E-state index in [0.717, 1.165) is 31.6 Å². The third-order valence-electron chi connectivity index (χ3n) is 3.57. The third-order valence-corrected chi connectivity index (χ3v) is 3.57. The van der Waals surface area contributed by atoms with Gasteiger partial charge in [-0.2, -0.15) is 0 Å².